The van der Waals surface area contributed by atoms with Gasteiger partial charge in [-0.25, -0.2) is 0 Å². The van der Waals surface area contributed by atoms with Gasteiger partial charge in [-0.05, 0) is 113 Å². The minimum atomic E-state index is 0.162. The molecule has 6 rings (SSSR count). The molecular formula is C43H64BrCl2NO2. The van der Waals surface area contributed by atoms with Crippen molar-refractivity contribution in [3.05, 3.63) is 67.6 Å². The number of nitrogens with zero attached hydrogens (tertiary/aromatic N) is 1. The number of fused-ring (bicyclic) bond motifs is 2. The number of hydrogen-bond acceptors (Lipinski definition) is 3. The van der Waals surface area contributed by atoms with Crippen LogP contribution >= 0.6 is 39.1 Å². The summed E-state index contributed by atoms with van der Waals surface area (Å²) in [6.07, 6.45) is 6.75. The van der Waals surface area contributed by atoms with Gasteiger partial charge in [-0.1, -0.05) is 146 Å². The molecule has 0 N–H and O–H groups in total. The maximum atomic E-state index is 6.69. The van der Waals surface area contributed by atoms with Crippen LogP contribution in [-0.2, 0) is 27.8 Å². The lowest BCUT2D eigenvalue weighted by Gasteiger charge is -2.30. The Morgan fingerprint density at radius 2 is 1.37 bits per heavy atom. The number of hydrogen-bond donors (Lipinski definition) is 0. The van der Waals surface area contributed by atoms with E-state index in [9.17, 15) is 0 Å². The Morgan fingerprint density at radius 3 is 1.90 bits per heavy atom. The van der Waals surface area contributed by atoms with E-state index >= 15 is 0 Å². The number of benzene rings is 2. The Labute approximate surface area is 317 Å². The first-order chi connectivity index (χ1) is 22.5. The van der Waals surface area contributed by atoms with Gasteiger partial charge >= 0.3 is 0 Å². The van der Waals surface area contributed by atoms with Crippen molar-refractivity contribution in [3.8, 4) is 0 Å². The molecule has 5 unspecified atom stereocenters. The molecule has 0 bridgehead atoms. The molecule has 4 aliphatic rings. The van der Waals surface area contributed by atoms with Crippen LogP contribution in [0.4, 0.5) is 0 Å². The molecule has 0 amide bonds. The average molecular weight is 778 g/mol. The van der Waals surface area contributed by atoms with Crippen LogP contribution in [0, 0.1) is 45.3 Å². The highest BCUT2D eigenvalue weighted by atomic mass is 79.9. The van der Waals surface area contributed by atoms with Crippen molar-refractivity contribution in [3.63, 3.8) is 0 Å². The quantitative estimate of drug-likeness (QED) is 0.303. The van der Waals surface area contributed by atoms with Crippen LogP contribution in [0.15, 0.2) is 46.0 Å². The fourth-order valence-corrected chi connectivity index (χ4v) is 9.34. The third-order valence-corrected chi connectivity index (χ3v) is 13.4. The van der Waals surface area contributed by atoms with Crippen molar-refractivity contribution >= 4 is 44.8 Å². The van der Waals surface area contributed by atoms with Gasteiger partial charge in [-0.3, -0.25) is 0 Å². The third kappa shape index (κ3) is 10.1. The Hall–Kier alpha value is -1.07. The van der Waals surface area contributed by atoms with Crippen LogP contribution < -0.4 is 0 Å². The van der Waals surface area contributed by atoms with E-state index in [0.29, 0.717) is 39.4 Å². The SMILES string of the molecule is CC(C)(C)CCc1ccc(Br)cc1Cl.CC1C2COCC2(c2ccc(CCC(C)(C)C)c(Cl)c2)CC1(C)C.CC1C2CON=C2CC1(C)C. The molecule has 2 heterocycles. The first-order valence-corrected chi connectivity index (χ1v) is 20.1. The van der Waals surface area contributed by atoms with E-state index in [2.05, 4.69) is 128 Å². The predicted octanol–water partition coefficient (Wildman–Crippen LogP) is 13.4. The fourth-order valence-electron chi connectivity index (χ4n) is 8.29. The standard InChI is InChI=1S/C22H33ClO.C12H16BrCl.C9H15NO/c1-15-18-12-24-14-22(18,13-21(15,5)6)17-8-7-16(19(23)11-17)9-10-20(2,3)4;1-12(2,3)7-6-9-4-5-10(13)8-11(9)14;1-6-7-5-11-10-8(7)4-9(6,2)3/h7-8,11,15,18H,9-10,12-14H2,1-6H3;4-5,8H,6-7H2,1-3H3;6-7H,4-5H2,1-3H3. The molecule has 2 aromatic rings. The zero-order chi connectivity index (χ0) is 36.6. The molecule has 2 aliphatic heterocycles. The number of oxime groups is 1. The van der Waals surface area contributed by atoms with E-state index in [0.717, 1.165) is 72.4 Å². The molecule has 2 aliphatic carbocycles. The first-order valence-electron chi connectivity index (χ1n) is 18.5. The Balaban J connectivity index is 0.000000183. The van der Waals surface area contributed by atoms with E-state index < -0.39 is 0 Å². The first kappa shape index (κ1) is 40.7. The van der Waals surface area contributed by atoms with Crippen molar-refractivity contribution < 1.29 is 9.57 Å². The Kier molecular flexibility index (Phi) is 12.9. The van der Waals surface area contributed by atoms with E-state index in [-0.39, 0.29) is 5.41 Å². The molecule has 3 nitrogen and oxygen atoms in total. The fraction of sp³-hybridized carbons (Fsp3) is 0.698. The van der Waals surface area contributed by atoms with Crippen molar-refractivity contribution in [2.24, 2.45) is 50.5 Å². The zero-order valence-corrected chi connectivity index (χ0v) is 35.6. The van der Waals surface area contributed by atoms with E-state index in [1.807, 2.05) is 12.1 Å². The van der Waals surface area contributed by atoms with Crippen LogP contribution in [-0.4, -0.2) is 25.5 Å². The monoisotopic (exact) mass is 775 g/mol. The van der Waals surface area contributed by atoms with Crippen molar-refractivity contribution in [2.45, 2.75) is 127 Å². The molecule has 2 saturated carbocycles. The van der Waals surface area contributed by atoms with Crippen LogP contribution in [0.1, 0.15) is 125 Å². The lowest BCUT2D eigenvalue weighted by atomic mass is 9.73. The maximum absolute atomic E-state index is 6.69. The van der Waals surface area contributed by atoms with E-state index in [1.165, 1.54) is 28.8 Å². The topological polar surface area (TPSA) is 30.8 Å². The molecule has 0 aromatic heterocycles. The molecule has 1 saturated heterocycles. The van der Waals surface area contributed by atoms with Gasteiger partial charge in [0.1, 0.15) is 6.61 Å². The van der Waals surface area contributed by atoms with Gasteiger partial charge < -0.3 is 9.57 Å². The largest absolute Gasteiger partial charge is 0.395 e. The number of rotatable bonds is 5. The van der Waals surface area contributed by atoms with Crippen molar-refractivity contribution in [1.29, 1.82) is 0 Å². The lowest BCUT2D eigenvalue weighted by Crippen LogP contribution is -2.31. The summed E-state index contributed by atoms with van der Waals surface area (Å²) in [7, 11) is 0. The number of aryl methyl sites for hydroxylation is 2. The second-order valence-electron chi connectivity index (χ2n) is 19.3. The normalized spacial score (nSPS) is 28.0. The smallest absolute Gasteiger partial charge is 0.125 e. The van der Waals surface area contributed by atoms with Crippen LogP contribution in [0.25, 0.3) is 0 Å². The molecule has 49 heavy (non-hydrogen) atoms. The number of halogens is 3. The highest BCUT2D eigenvalue weighted by molar-refractivity contribution is 9.10. The van der Waals surface area contributed by atoms with Gasteiger partial charge in [0, 0.05) is 25.9 Å². The molecule has 3 fully saturated rings. The summed E-state index contributed by atoms with van der Waals surface area (Å²) in [5.74, 6) is 2.64. The van der Waals surface area contributed by atoms with Crippen LogP contribution in [0.3, 0.4) is 0 Å². The van der Waals surface area contributed by atoms with Gasteiger partial charge in [0.05, 0.1) is 18.9 Å². The summed E-state index contributed by atoms with van der Waals surface area (Å²) in [5, 5.41) is 5.86. The molecule has 6 heteroatoms. The Bertz CT molecular complexity index is 1470. The molecule has 2 aromatic carbocycles. The second kappa shape index (κ2) is 15.5. The summed E-state index contributed by atoms with van der Waals surface area (Å²) < 4.78 is 7.00. The van der Waals surface area contributed by atoms with Gasteiger partial charge in [0.15, 0.2) is 0 Å². The molecule has 274 valence electrons. The van der Waals surface area contributed by atoms with Crippen LogP contribution in [0.2, 0.25) is 10.0 Å². The van der Waals surface area contributed by atoms with Gasteiger partial charge in [-0.15, -0.1) is 0 Å². The second-order valence-corrected chi connectivity index (χ2v) is 21.1. The lowest BCUT2D eigenvalue weighted by molar-refractivity contribution is 0.114. The zero-order valence-electron chi connectivity index (χ0n) is 32.5. The highest BCUT2D eigenvalue weighted by Crippen LogP contribution is 2.60. The maximum Gasteiger partial charge on any atom is 0.125 e. The van der Waals surface area contributed by atoms with Crippen LogP contribution in [0.5, 0.6) is 0 Å². The summed E-state index contributed by atoms with van der Waals surface area (Å²) in [6.45, 7) is 30.4. The van der Waals surface area contributed by atoms with E-state index in [4.69, 9.17) is 32.8 Å². The summed E-state index contributed by atoms with van der Waals surface area (Å²) >= 11 is 16.2. The average Bonchev–Trinajstić information content (AvgIpc) is 3.70. The minimum Gasteiger partial charge on any atom is -0.395 e. The van der Waals surface area contributed by atoms with Gasteiger partial charge in [0.2, 0.25) is 0 Å². The predicted molar refractivity (Wildman–Crippen MR) is 214 cm³/mol. The Morgan fingerprint density at radius 1 is 0.796 bits per heavy atom. The summed E-state index contributed by atoms with van der Waals surface area (Å²) in [4.78, 5) is 5.06. The summed E-state index contributed by atoms with van der Waals surface area (Å²) in [5.41, 5.74) is 6.90. The van der Waals surface area contributed by atoms with Crippen molar-refractivity contribution in [2.75, 3.05) is 19.8 Å². The third-order valence-electron chi connectivity index (χ3n) is 12.2. The number of ether oxygens (including phenoxy) is 1. The molecule has 0 radical (unpaired) electrons. The van der Waals surface area contributed by atoms with Crippen molar-refractivity contribution in [1.82, 2.24) is 0 Å². The summed E-state index contributed by atoms with van der Waals surface area (Å²) in [6, 6.07) is 12.9. The minimum absolute atomic E-state index is 0.162. The molecular weight excluding hydrogens is 713 g/mol. The molecule has 0 spiro atoms. The molecule has 5 atom stereocenters. The van der Waals surface area contributed by atoms with Gasteiger partial charge in [0.25, 0.3) is 0 Å². The van der Waals surface area contributed by atoms with E-state index in [1.54, 1.807) is 0 Å². The highest BCUT2D eigenvalue weighted by Gasteiger charge is 2.58. The van der Waals surface area contributed by atoms with Gasteiger partial charge in [-0.2, -0.15) is 0 Å².